The first kappa shape index (κ1) is 17.7. The van der Waals surface area contributed by atoms with Crippen LogP contribution in [0.25, 0.3) is 0 Å². The summed E-state index contributed by atoms with van der Waals surface area (Å²) in [5, 5.41) is 8.56. The van der Waals surface area contributed by atoms with Gasteiger partial charge in [0, 0.05) is 11.8 Å². The van der Waals surface area contributed by atoms with E-state index in [-0.39, 0.29) is 16.7 Å². The van der Waals surface area contributed by atoms with Crippen molar-refractivity contribution in [3.8, 4) is 0 Å². The first-order valence-electron chi connectivity index (χ1n) is 7.21. The normalized spacial score (nSPS) is 13.0. The van der Waals surface area contributed by atoms with E-state index in [1.54, 1.807) is 0 Å². The molecule has 0 bridgehead atoms. The number of aromatic nitrogens is 3. The molecule has 1 N–H and O–H groups in total. The van der Waals surface area contributed by atoms with Crippen LogP contribution in [0.4, 0.5) is 5.13 Å². The monoisotopic (exact) mass is 356 g/mol. The van der Waals surface area contributed by atoms with Crippen LogP contribution in [0.5, 0.6) is 0 Å². The van der Waals surface area contributed by atoms with Gasteiger partial charge in [-0.2, -0.15) is 5.10 Å². The predicted molar refractivity (Wildman–Crippen MR) is 92.5 cm³/mol. The van der Waals surface area contributed by atoms with Crippen molar-refractivity contribution in [2.75, 3.05) is 12.4 Å². The Morgan fingerprint density at radius 1 is 1.48 bits per heavy atom. The number of halogens is 1. The molecule has 126 valence electrons. The number of ether oxygens (including phenoxy) is 1. The summed E-state index contributed by atoms with van der Waals surface area (Å²) >= 11 is 7.16. The molecule has 0 saturated heterocycles. The molecule has 2 aromatic rings. The number of nitrogens with one attached hydrogen (secondary N) is 1. The summed E-state index contributed by atoms with van der Waals surface area (Å²) in [6, 6.07) is -0.0150. The van der Waals surface area contributed by atoms with Gasteiger partial charge in [-0.1, -0.05) is 22.9 Å². The fraction of sp³-hybridized carbons (Fsp3) is 0.533. The summed E-state index contributed by atoms with van der Waals surface area (Å²) in [4.78, 5) is 16.1. The third kappa shape index (κ3) is 3.84. The Morgan fingerprint density at radius 2 is 2.13 bits per heavy atom. The Kier molecular flexibility index (Phi) is 5.01. The molecule has 1 atom stereocenters. The molecule has 0 aromatic carbocycles. The zero-order chi connectivity index (χ0) is 17.4. The number of methoxy groups -OCH3 is 1. The standard InChI is InChI=1S/C15H21ClN4O2S/c1-8(10-7-20(15(3,4)5)19-9(10)2)17-14-18-12(16)11(23-14)13(21)22-6/h7-8H,1-6H3,(H,17,18). The highest BCUT2D eigenvalue weighted by molar-refractivity contribution is 7.18. The van der Waals surface area contributed by atoms with Crippen LogP contribution in [-0.2, 0) is 10.3 Å². The average molecular weight is 357 g/mol. The van der Waals surface area contributed by atoms with Gasteiger partial charge < -0.3 is 10.1 Å². The first-order valence-corrected chi connectivity index (χ1v) is 8.40. The Hall–Kier alpha value is -1.60. The molecule has 0 aliphatic heterocycles. The van der Waals surface area contributed by atoms with E-state index in [4.69, 9.17) is 11.6 Å². The molecule has 0 saturated carbocycles. The second kappa shape index (κ2) is 6.49. The molecule has 2 rings (SSSR count). The largest absolute Gasteiger partial charge is 0.465 e. The van der Waals surface area contributed by atoms with Crippen LogP contribution < -0.4 is 5.32 Å². The Morgan fingerprint density at radius 3 is 2.65 bits per heavy atom. The lowest BCUT2D eigenvalue weighted by atomic mass is 10.1. The van der Waals surface area contributed by atoms with E-state index in [2.05, 4.69) is 40.9 Å². The second-order valence-corrected chi connectivity index (χ2v) is 7.64. The molecule has 0 aliphatic rings. The maximum Gasteiger partial charge on any atom is 0.351 e. The highest BCUT2D eigenvalue weighted by atomic mass is 35.5. The minimum atomic E-state index is -0.482. The van der Waals surface area contributed by atoms with E-state index in [9.17, 15) is 4.79 Å². The number of anilines is 1. The maximum atomic E-state index is 11.6. The smallest absolute Gasteiger partial charge is 0.351 e. The average Bonchev–Trinajstić information content (AvgIpc) is 3.00. The molecule has 0 aliphatic carbocycles. The maximum absolute atomic E-state index is 11.6. The van der Waals surface area contributed by atoms with Gasteiger partial charge >= 0.3 is 5.97 Å². The van der Waals surface area contributed by atoms with E-state index < -0.39 is 5.97 Å². The summed E-state index contributed by atoms with van der Waals surface area (Å²) in [6.07, 6.45) is 2.03. The third-order valence-corrected chi connectivity index (χ3v) is 4.74. The molecule has 2 heterocycles. The highest BCUT2D eigenvalue weighted by Gasteiger charge is 2.22. The molecule has 0 spiro atoms. The summed E-state index contributed by atoms with van der Waals surface area (Å²) < 4.78 is 6.63. The van der Waals surface area contributed by atoms with Crippen LogP contribution >= 0.6 is 22.9 Å². The minimum absolute atomic E-state index is 0.0150. The first-order chi connectivity index (χ1) is 10.6. The van der Waals surface area contributed by atoms with Crippen molar-refractivity contribution < 1.29 is 9.53 Å². The van der Waals surface area contributed by atoms with Crippen molar-refractivity contribution >= 4 is 34.0 Å². The number of carbonyl (C=O) groups excluding carboxylic acids is 1. The molecule has 0 amide bonds. The van der Waals surface area contributed by atoms with Crippen molar-refractivity contribution in [1.82, 2.24) is 14.8 Å². The number of hydrogen-bond donors (Lipinski definition) is 1. The van der Waals surface area contributed by atoms with Crippen LogP contribution in [0.1, 0.15) is 54.7 Å². The van der Waals surface area contributed by atoms with Crippen molar-refractivity contribution in [2.45, 2.75) is 46.2 Å². The summed E-state index contributed by atoms with van der Waals surface area (Å²) in [5.41, 5.74) is 1.95. The minimum Gasteiger partial charge on any atom is -0.465 e. The van der Waals surface area contributed by atoms with E-state index in [1.165, 1.54) is 18.4 Å². The molecule has 2 aromatic heterocycles. The van der Waals surface area contributed by atoms with Crippen LogP contribution in [0, 0.1) is 6.92 Å². The summed E-state index contributed by atoms with van der Waals surface area (Å²) in [5.74, 6) is -0.482. The Bertz CT molecular complexity index is 718. The van der Waals surface area contributed by atoms with Crippen molar-refractivity contribution in [2.24, 2.45) is 0 Å². The second-order valence-electron chi connectivity index (χ2n) is 6.28. The number of hydrogen-bond acceptors (Lipinski definition) is 6. The van der Waals surface area contributed by atoms with Gasteiger partial charge in [0.2, 0.25) is 0 Å². The quantitative estimate of drug-likeness (QED) is 0.838. The van der Waals surface area contributed by atoms with Gasteiger partial charge in [0.05, 0.1) is 24.4 Å². The number of aryl methyl sites for hydroxylation is 1. The van der Waals surface area contributed by atoms with Crippen molar-refractivity contribution in [3.05, 3.63) is 27.5 Å². The SMILES string of the molecule is COC(=O)c1sc(NC(C)c2cn(C(C)(C)C)nc2C)nc1Cl. The molecule has 0 fully saturated rings. The van der Waals surface area contributed by atoms with Gasteiger partial charge in [0.25, 0.3) is 0 Å². The molecule has 0 radical (unpaired) electrons. The van der Waals surface area contributed by atoms with E-state index >= 15 is 0 Å². The van der Waals surface area contributed by atoms with Gasteiger partial charge in [-0.3, -0.25) is 4.68 Å². The van der Waals surface area contributed by atoms with Crippen molar-refractivity contribution in [3.63, 3.8) is 0 Å². The lowest BCUT2D eigenvalue weighted by Gasteiger charge is -2.19. The van der Waals surface area contributed by atoms with Gasteiger partial charge in [0.1, 0.15) is 0 Å². The van der Waals surface area contributed by atoms with Gasteiger partial charge in [-0.05, 0) is 34.6 Å². The fourth-order valence-corrected chi connectivity index (χ4v) is 3.28. The van der Waals surface area contributed by atoms with Gasteiger partial charge in [-0.25, -0.2) is 9.78 Å². The zero-order valence-corrected chi connectivity index (χ0v) is 15.7. The molecule has 23 heavy (non-hydrogen) atoms. The van der Waals surface area contributed by atoms with Gasteiger partial charge in [0.15, 0.2) is 15.2 Å². The highest BCUT2D eigenvalue weighted by Crippen LogP contribution is 2.31. The Balaban J connectivity index is 2.21. The van der Waals surface area contributed by atoms with E-state index in [1.807, 2.05) is 24.7 Å². The fourth-order valence-electron chi connectivity index (χ4n) is 2.09. The van der Waals surface area contributed by atoms with Crippen LogP contribution in [0.3, 0.4) is 0 Å². The lowest BCUT2D eigenvalue weighted by molar-refractivity contribution is 0.0606. The third-order valence-electron chi connectivity index (χ3n) is 3.39. The number of nitrogens with zero attached hydrogens (tertiary/aromatic N) is 3. The van der Waals surface area contributed by atoms with Crippen LogP contribution in [0.2, 0.25) is 5.15 Å². The molecule has 6 nitrogen and oxygen atoms in total. The summed E-state index contributed by atoms with van der Waals surface area (Å²) in [7, 11) is 1.32. The predicted octanol–water partition coefficient (Wildman–Crippen LogP) is 4.02. The lowest BCUT2D eigenvalue weighted by Crippen LogP contribution is -2.22. The summed E-state index contributed by atoms with van der Waals surface area (Å²) in [6.45, 7) is 10.3. The van der Waals surface area contributed by atoms with Crippen molar-refractivity contribution in [1.29, 1.82) is 0 Å². The molecular weight excluding hydrogens is 336 g/mol. The van der Waals surface area contributed by atoms with E-state index in [0.29, 0.717) is 10.0 Å². The Labute approximate surface area is 144 Å². The number of carbonyl (C=O) groups is 1. The van der Waals surface area contributed by atoms with Crippen LogP contribution in [0.15, 0.2) is 6.20 Å². The van der Waals surface area contributed by atoms with Gasteiger partial charge in [-0.15, -0.1) is 0 Å². The topological polar surface area (TPSA) is 69.0 Å². The number of thiazole rings is 1. The number of rotatable bonds is 4. The zero-order valence-electron chi connectivity index (χ0n) is 14.1. The molecule has 8 heteroatoms. The molecule has 1 unspecified atom stereocenters. The van der Waals surface area contributed by atoms with Crippen LogP contribution in [-0.4, -0.2) is 27.8 Å². The van der Waals surface area contributed by atoms with E-state index in [0.717, 1.165) is 11.3 Å². The number of esters is 1. The molecular formula is C15H21ClN4O2S.